The maximum absolute atomic E-state index is 14.9. The van der Waals surface area contributed by atoms with Crippen molar-refractivity contribution in [1.82, 2.24) is 19.5 Å². The highest BCUT2D eigenvalue weighted by Gasteiger charge is 2.25. The van der Waals surface area contributed by atoms with Crippen molar-refractivity contribution in [1.29, 1.82) is 5.26 Å². The summed E-state index contributed by atoms with van der Waals surface area (Å²) in [4.78, 5) is 22.6. The van der Waals surface area contributed by atoms with Gasteiger partial charge in [0.25, 0.3) is 0 Å². The van der Waals surface area contributed by atoms with Crippen molar-refractivity contribution in [2.24, 2.45) is 5.10 Å². The van der Waals surface area contributed by atoms with Crippen LogP contribution >= 0.6 is 0 Å². The normalized spacial score (nSPS) is 16.3. The monoisotopic (exact) mass is 595 g/mol. The van der Waals surface area contributed by atoms with Gasteiger partial charge in [-0.1, -0.05) is 12.1 Å². The lowest BCUT2D eigenvalue weighted by atomic mass is 10.1. The molecule has 7 rings (SSSR count). The zero-order valence-corrected chi connectivity index (χ0v) is 23.4. The van der Waals surface area contributed by atoms with Crippen molar-refractivity contribution in [3.63, 3.8) is 0 Å². The summed E-state index contributed by atoms with van der Waals surface area (Å²) in [7, 11) is 0. The molecule has 13 heteroatoms. The third-order valence-electron chi connectivity index (χ3n) is 7.79. The molecule has 2 aliphatic rings. The van der Waals surface area contributed by atoms with E-state index < -0.39 is 11.8 Å². The van der Waals surface area contributed by atoms with E-state index in [1.165, 1.54) is 6.07 Å². The molecule has 5 heterocycles. The summed E-state index contributed by atoms with van der Waals surface area (Å²) in [6.07, 6.45) is 4.06. The van der Waals surface area contributed by atoms with E-state index >= 15 is 0 Å². The van der Waals surface area contributed by atoms with E-state index in [0.29, 0.717) is 67.0 Å². The number of hydrazone groups is 1. The largest absolute Gasteiger partial charge is 0.478 e. The number of furan rings is 1. The topological polar surface area (TPSA) is 142 Å². The molecule has 0 aliphatic carbocycles. The summed E-state index contributed by atoms with van der Waals surface area (Å²) >= 11 is 0. The summed E-state index contributed by atoms with van der Waals surface area (Å²) in [5.41, 5.74) is 2.38. The number of benzene rings is 2. The Morgan fingerprint density at radius 3 is 2.82 bits per heavy atom. The highest BCUT2D eigenvalue weighted by molar-refractivity contribution is 5.93. The molecule has 1 N–H and O–H groups in total. The minimum Gasteiger partial charge on any atom is -0.478 e. The molecule has 0 amide bonds. The van der Waals surface area contributed by atoms with Gasteiger partial charge in [-0.25, -0.2) is 14.2 Å². The number of aromatic carboxylic acids is 1. The molecule has 0 spiro atoms. The number of imidazole rings is 1. The predicted octanol–water partition coefficient (Wildman–Crippen LogP) is 4.52. The van der Waals surface area contributed by atoms with Gasteiger partial charge in [0, 0.05) is 30.2 Å². The number of pyridine rings is 1. The van der Waals surface area contributed by atoms with Crippen LogP contribution in [-0.2, 0) is 24.4 Å². The summed E-state index contributed by atoms with van der Waals surface area (Å²) in [5, 5.41) is 25.9. The summed E-state index contributed by atoms with van der Waals surface area (Å²) in [6, 6.07) is 15.4. The van der Waals surface area contributed by atoms with E-state index in [-0.39, 0.29) is 23.8 Å². The molecule has 0 bridgehead atoms. The van der Waals surface area contributed by atoms with Gasteiger partial charge in [0.1, 0.15) is 35.7 Å². The van der Waals surface area contributed by atoms with Gasteiger partial charge in [-0.3, -0.25) is 5.01 Å². The molecule has 222 valence electrons. The number of carboxylic acids is 1. The third-order valence-corrected chi connectivity index (χ3v) is 7.79. The second-order valence-electron chi connectivity index (χ2n) is 10.5. The SMILES string of the molecule is N#Cc1ccc(COc2cccc(N3C=NN(Cc4nc5c(F)cc(C(=O)O)cc5n4CC4CCO4)CC3)n2)c2occc12. The Morgan fingerprint density at radius 2 is 2.07 bits per heavy atom. The van der Waals surface area contributed by atoms with Crippen LogP contribution in [0.2, 0.25) is 0 Å². The number of nitriles is 1. The number of carbonyl (C=O) groups is 1. The van der Waals surface area contributed by atoms with Crippen molar-refractivity contribution >= 4 is 40.1 Å². The Morgan fingerprint density at radius 1 is 1.18 bits per heavy atom. The van der Waals surface area contributed by atoms with E-state index in [4.69, 9.17) is 13.9 Å². The number of ether oxygens (including phenoxy) is 2. The van der Waals surface area contributed by atoms with Crippen LogP contribution in [0.1, 0.15) is 33.7 Å². The van der Waals surface area contributed by atoms with Gasteiger partial charge < -0.3 is 28.5 Å². The van der Waals surface area contributed by atoms with Gasteiger partial charge in [0.2, 0.25) is 5.88 Å². The van der Waals surface area contributed by atoms with Crippen molar-refractivity contribution in [3.8, 4) is 11.9 Å². The lowest BCUT2D eigenvalue weighted by Gasteiger charge is -2.30. The minimum absolute atomic E-state index is 0.0364. The number of hydrogen-bond donors (Lipinski definition) is 1. The minimum atomic E-state index is -1.20. The first kappa shape index (κ1) is 27.4. The van der Waals surface area contributed by atoms with E-state index in [0.717, 1.165) is 23.4 Å². The van der Waals surface area contributed by atoms with Crippen LogP contribution in [0.5, 0.6) is 5.88 Å². The van der Waals surface area contributed by atoms with Crippen LogP contribution in [-0.4, -0.2) is 62.8 Å². The fourth-order valence-electron chi connectivity index (χ4n) is 5.37. The molecule has 1 atom stereocenters. The van der Waals surface area contributed by atoms with Crippen LogP contribution in [0.3, 0.4) is 0 Å². The molecule has 1 saturated heterocycles. The molecule has 1 unspecified atom stereocenters. The summed E-state index contributed by atoms with van der Waals surface area (Å²) in [6.45, 7) is 2.74. The van der Waals surface area contributed by atoms with Crippen LogP contribution < -0.4 is 9.64 Å². The predicted molar refractivity (Wildman–Crippen MR) is 157 cm³/mol. The molecule has 44 heavy (non-hydrogen) atoms. The molecule has 2 aromatic carbocycles. The molecule has 3 aromatic heterocycles. The van der Waals surface area contributed by atoms with E-state index in [1.54, 1.807) is 30.8 Å². The highest BCUT2D eigenvalue weighted by Crippen LogP contribution is 2.27. The van der Waals surface area contributed by atoms with Gasteiger partial charge in [-0.05, 0) is 36.8 Å². The quantitative estimate of drug-likeness (QED) is 0.258. The van der Waals surface area contributed by atoms with Crippen LogP contribution in [0.25, 0.3) is 22.0 Å². The van der Waals surface area contributed by atoms with Gasteiger partial charge in [0.15, 0.2) is 5.82 Å². The van der Waals surface area contributed by atoms with Gasteiger partial charge >= 0.3 is 5.97 Å². The number of hydrogen-bond acceptors (Lipinski definition) is 10. The molecular weight excluding hydrogens is 569 g/mol. The maximum atomic E-state index is 14.9. The second-order valence-corrected chi connectivity index (χ2v) is 10.5. The van der Waals surface area contributed by atoms with Crippen molar-refractivity contribution in [2.75, 3.05) is 24.6 Å². The lowest BCUT2D eigenvalue weighted by Crippen LogP contribution is -2.38. The summed E-state index contributed by atoms with van der Waals surface area (Å²) < 4.78 is 33.9. The van der Waals surface area contributed by atoms with Crippen LogP contribution in [0, 0.1) is 17.1 Å². The zero-order chi connectivity index (χ0) is 30.2. The average molecular weight is 596 g/mol. The number of halogens is 1. The number of fused-ring (bicyclic) bond motifs is 2. The molecule has 12 nitrogen and oxygen atoms in total. The van der Waals surface area contributed by atoms with Crippen molar-refractivity contribution in [2.45, 2.75) is 32.2 Å². The molecule has 2 aliphatic heterocycles. The van der Waals surface area contributed by atoms with E-state index in [2.05, 4.69) is 21.1 Å². The average Bonchev–Trinajstić information content (AvgIpc) is 3.64. The van der Waals surface area contributed by atoms with Gasteiger partial charge in [-0.15, -0.1) is 0 Å². The smallest absolute Gasteiger partial charge is 0.335 e. The number of aromatic nitrogens is 3. The number of rotatable bonds is 9. The first-order chi connectivity index (χ1) is 21.5. The zero-order valence-electron chi connectivity index (χ0n) is 23.4. The van der Waals surface area contributed by atoms with Gasteiger partial charge in [-0.2, -0.15) is 15.3 Å². The standard InChI is InChI=1S/C31H26FN7O5/c32-24-12-21(31(40)41)13-25-29(24)36-27(39(25)15-22-6-10-42-22)16-38-9-8-37(18-34-38)26-2-1-3-28(35-26)44-17-20-5-4-19(14-33)23-7-11-43-30(20)23/h1-5,7,11-13,18,22H,6,8-10,15-17H2,(H,40,41). The molecule has 1 fully saturated rings. The third kappa shape index (κ3) is 5.16. The Hall–Kier alpha value is -5.48. The highest BCUT2D eigenvalue weighted by atomic mass is 19.1. The first-order valence-electron chi connectivity index (χ1n) is 14.0. The van der Waals surface area contributed by atoms with Gasteiger partial charge in [0.05, 0.1) is 54.7 Å². The van der Waals surface area contributed by atoms with Crippen molar-refractivity contribution < 1.29 is 28.2 Å². The number of anilines is 1. The van der Waals surface area contributed by atoms with E-state index in [9.17, 15) is 19.6 Å². The molecule has 0 saturated carbocycles. The number of nitrogens with zero attached hydrogens (tertiary/aromatic N) is 7. The Labute approximate surface area is 250 Å². The fraction of sp³-hybridized carbons (Fsp3) is 0.258. The second kappa shape index (κ2) is 11.3. The molecular formula is C31H26FN7O5. The fourth-order valence-corrected chi connectivity index (χ4v) is 5.37. The maximum Gasteiger partial charge on any atom is 0.335 e. The number of carboxylic acid groups (broad SMARTS) is 1. The Bertz CT molecular complexity index is 1960. The lowest BCUT2D eigenvalue weighted by molar-refractivity contribution is -0.0592. The Kier molecular flexibility index (Phi) is 7.03. The van der Waals surface area contributed by atoms with Crippen LogP contribution in [0.15, 0.2) is 64.3 Å². The molecule has 5 aromatic rings. The van der Waals surface area contributed by atoms with Crippen molar-refractivity contribution in [3.05, 3.63) is 83.1 Å². The first-order valence-corrected chi connectivity index (χ1v) is 14.0. The Balaban J connectivity index is 1.06. The summed E-state index contributed by atoms with van der Waals surface area (Å²) in [5.74, 6) is -0.218. The molecule has 0 radical (unpaired) electrons. The van der Waals surface area contributed by atoms with Crippen LogP contribution in [0.4, 0.5) is 10.2 Å². The van der Waals surface area contributed by atoms with E-state index in [1.807, 2.05) is 32.7 Å².